The Hall–Kier alpha value is -1.36. The standard InChI is InChI=1S/C11H12FN/c1-8(2)10-7-9(5-6-13)3-4-11(10)12/h3-4,7-8H,5H2,1-2H3. The second kappa shape index (κ2) is 4.04. The molecule has 0 aromatic heterocycles. The van der Waals surface area contributed by atoms with Crippen molar-refractivity contribution < 1.29 is 4.39 Å². The van der Waals surface area contributed by atoms with Crippen LogP contribution in [0, 0.1) is 17.1 Å². The molecule has 0 saturated carbocycles. The van der Waals surface area contributed by atoms with Crippen molar-refractivity contribution in [2.24, 2.45) is 0 Å². The molecule has 0 aliphatic heterocycles. The van der Waals surface area contributed by atoms with Crippen molar-refractivity contribution in [1.82, 2.24) is 0 Å². The summed E-state index contributed by atoms with van der Waals surface area (Å²) < 4.78 is 13.2. The minimum Gasteiger partial charge on any atom is -0.207 e. The van der Waals surface area contributed by atoms with Gasteiger partial charge in [0.05, 0.1) is 12.5 Å². The quantitative estimate of drug-likeness (QED) is 0.681. The van der Waals surface area contributed by atoms with E-state index in [0.717, 1.165) is 5.56 Å². The van der Waals surface area contributed by atoms with Crippen molar-refractivity contribution in [2.75, 3.05) is 0 Å². The predicted molar refractivity (Wildman–Crippen MR) is 49.8 cm³/mol. The number of hydrogen-bond acceptors (Lipinski definition) is 1. The maximum absolute atomic E-state index is 13.2. The summed E-state index contributed by atoms with van der Waals surface area (Å²) in [5.41, 5.74) is 1.57. The van der Waals surface area contributed by atoms with Crippen LogP contribution in [0.25, 0.3) is 0 Å². The Bertz CT molecular complexity index is 336. The number of nitrogens with zero attached hydrogens (tertiary/aromatic N) is 1. The molecule has 0 amide bonds. The zero-order chi connectivity index (χ0) is 9.84. The fourth-order valence-electron chi connectivity index (χ4n) is 1.24. The molecule has 0 aliphatic carbocycles. The van der Waals surface area contributed by atoms with Gasteiger partial charge >= 0.3 is 0 Å². The van der Waals surface area contributed by atoms with Gasteiger partial charge in [-0.25, -0.2) is 4.39 Å². The molecule has 1 aromatic rings. The Morgan fingerprint density at radius 1 is 1.46 bits per heavy atom. The maximum Gasteiger partial charge on any atom is 0.126 e. The van der Waals surface area contributed by atoms with Gasteiger partial charge in [0.25, 0.3) is 0 Å². The van der Waals surface area contributed by atoms with E-state index in [2.05, 4.69) is 0 Å². The first-order chi connectivity index (χ1) is 6.15. The highest BCUT2D eigenvalue weighted by Gasteiger charge is 2.06. The highest BCUT2D eigenvalue weighted by molar-refractivity contribution is 5.28. The molecule has 1 nitrogen and oxygen atoms in total. The van der Waals surface area contributed by atoms with E-state index in [1.165, 1.54) is 6.07 Å². The third-order valence-corrected chi connectivity index (χ3v) is 1.97. The van der Waals surface area contributed by atoms with Crippen LogP contribution in [0.4, 0.5) is 4.39 Å². The second-order valence-corrected chi connectivity index (χ2v) is 3.35. The van der Waals surface area contributed by atoms with Crippen molar-refractivity contribution in [3.05, 3.63) is 35.1 Å². The van der Waals surface area contributed by atoms with Crippen LogP contribution in [0.3, 0.4) is 0 Å². The monoisotopic (exact) mass is 177 g/mol. The average Bonchev–Trinajstić information content (AvgIpc) is 2.08. The fraction of sp³-hybridized carbons (Fsp3) is 0.364. The van der Waals surface area contributed by atoms with Crippen molar-refractivity contribution in [3.63, 3.8) is 0 Å². The maximum atomic E-state index is 13.2. The minimum atomic E-state index is -0.184. The van der Waals surface area contributed by atoms with Crippen molar-refractivity contribution in [2.45, 2.75) is 26.2 Å². The molecule has 0 heterocycles. The second-order valence-electron chi connectivity index (χ2n) is 3.35. The Balaban J connectivity index is 3.05. The lowest BCUT2D eigenvalue weighted by molar-refractivity contribution is 0.597. The van der Waals surface area contributed by atoms with Crippen LogP contribution in [-0.4, -0.2) is 0 Å². The molecule has 0 atom stereocenters. The van der Waals surface area contributed by atoms with Crippen LogP contribution in [0.15, 0.2) is 18.2 Å². The third kappa shape index (κ3) is 2.29. The Kier molecular flexibility index (Phi) is 3.02. The van der Waals surface area contributed by atoms with Crippen molar-refractivity contribution >= 4 is 0 Å². The highest BCUT2D eigenvalue weighted by atomic mass is 19.1. The van der Waals surface area contributed by atoms with E-state index in [1.54, 1.807) is 12.1 Å². The average molecular weight is 177 g/mol. The first-order valence-corrected chi connectivity index (χ1v) is 4.30. The molecule has 0 fully saturated rings. The van der Waals surface area contributed by atoms with Crippen LogP contribution >= 0.6 is 0 Å². The number of rotatable bonds is 2. The molecule has 13 heavy (non-hydrogen) atoms. The molecule has 0 saturated heterocycles. The van der Waals surface area contributed by atoms with E-state index >= 15 is 0 Å². The number of nitriles is 1. The molecular formula is C11H12FN. The molecule has 2 heteroatoms. The summed E-state index contributed by atoms with van der Waals surface area (Å²) >= 11 is 0. The zero-order valence-electron chi connectivity index (χ0n) is 7.84. The van der Waals surface area contributed by atoms with Gasteiger partial charge in [-0.1, -0.05) is 26.0 Å². The summed E-state index contributed by atoms with van der Waals surface area (Å²) in [7, 11) is 0. The molecule has 68 valence electrons. The highest BCUT2D eigenvalue weighted by Crippen LogP contribution is 2.19. The van der Waals surface area contributed by atoms with Gasteiger partial charge < -0.3 is 0 Å². The molecule has 0 radical (unpaired) electrons. The van der Waals surface area contributed by atoms with Gasteiger partial charge in [0.15, 0.2) is 0 Å². The third-order valence-electron chi connectivity index (χ3n) is 1.97. The van der Waals surface area contributed by atoms with Gasteiger partial charge in [-0.05, 0) is 23.1 Å². The number of hydrogen-bond donors (Lipinski definition) is 0. The normalized spacial score (nSPS) is 10.1. The summed E-state index contributed by atoms with van der Waals surface area (Å²) in [6.45, 7) is 3.88. The van der Waals surface area contributed by atoms with Gasteiger partial charge in [-0.3, -0.25) is 0 Å². The minimum absolute atomic E-state index is 0.165. The lowest BCUT2D eigenvalue weighted by atomic mass is 9.99. The Labute approximate surface area is 77.8 Å². The van der Waals surface area contributed by atoms with E-state index in [1.807, 2.05) is 19.9 Å². The van der Waals surface area contributed by atoms with E-state index in [-0.39, 0.29) is 11.7 Å². The molecular weight excluding hydrogens is 165 g/mol. The molecule has 0 N–H and O–H groups in total. The van der Waals surface area contributed by atoms with Gasteiger partial charge in [0, 0.05) is 0 Å². The first kappa shape index (κ1) is 9.73. The van der Waals surface area contributed by atoms with E-state index in [9.17, 15) is 4.39 Å². The van der Waals surface area contributed by atoms with Gasteiger partial charge in [-0.15, -0.1) is 0 Å². The molecule has 0 aliphatic rings. The van der Waals surface area contributed by atoms with Crippen LogP contribution < -0.4 is 0 Å². The summed E-state index contributed by atoms with van der Waals surface area (Å²) in [5, 5.41) is 8.47. The summed E-state index contributed by atoms with van der Waals surface area (Å²) in [5.74, 6) is -0.0182. The van der Waals surface area contributed by atoms with E-state index in [0.29, 0.717) is 12.0 Å². The molecule has 0 unspecified atom stereocenters. The fourth-order valence-corrected chi connectivity index (χ4v) is 1.24. The smallest absolute Gasteiger partial charge is 0.126 e. The van der Waals surface area contributed by atoms with Crippen molar-refractivity contribution in [1.29, 1.82) is 5.26 Å². The van der Waals surface area contributed by atoms with Crippen LogP contribution in [0.5, 0.6) is 0 Å². The van der Waals surface area contributed by atoms with Crippen LogP contribution in [-0.2, 0) is 6.42 Å². The number of halogens is 1. The molecule has 0 spiro atoms. The summed E-state index contributed by atoms with van der Waals surface area (Å²) in [6.07, 6.45) is 0.347. The summed E-state index contributed by atoms with van der Waals surface area (Å²) in [6, 6.07) is 6.90. The van der Waals surface area contributed by atoms with Crippen LogP contribution in [0.1, 0.15) is 30.9 Å². The molecule has 1 rings (SSSR count). The molecule has 0 bridgehead atoms. The zero-order valence-corrected chi connectivity index (χ0v) is 7.84. The van der Waals surface area contributed by atoms with Gasteiger partial charge in [0.1, 0.15) is 5.82 Å². The van der Waals surface area contributed by atoms with Gasteiger partial charge in [0.2, 0.25) is 0 Å². The SMILES string of the molecule is CC(C)c1cc(CC#N)ccc1F. The largest absolute Gasteiger partial charge is 0.207 e. The van der Waals surface area contributed by atoms with Gasteiger partial charge in [-0.2, -0.15) is 5.26 Å². The Morgan fingerprint density at radius 2 is 2.15 bits per heavy atom. The van der Waals surface area contributed by atoms with Crippen molar-refractivity contribution in [3.8, 4) is 6.07 Å². The Morgan fingerprint density at radius 3 is 2.69 bits per heavy atom. The van der Waals surface area contributed by atoms with E-state index in [4.69, 9.17) is 5.26 Å². The predicted octanol–water partition coefficient (Wildman–Crippen LogP) is 3.02. The van der Waals surface area contributed by atoms with Crippen LogP contribution in [0.2, 0.25) is 0 Å². The van der Waals surface area contributed by atoms with E-state index < -0.39 is 0 Å². The lowest BCUT2D eigenvalue weighted by Crippen LogP contribution is -1.94. The first-order valence-electron chi connectivity index (χ1n) is 4.30. The summed E-state index contributed by atoms with van der Waals surface area (Å²) in [4.78, 5) is 0. The number of benzene rings is 1. The lowest BCUT2D eigenvalue weighted by Gasteiger charge is -2.07. The topological polar surface area (TPSA) is 23.8 Å². The molecule has 1 aromatic carbocycles.